The van der Waals surface area contributed by atoms with Crippen LogP contribution in [0.2, 0.25) is 0 Å². The molecule has 124 valence electrons. The molecular formula is C17H23N3O3. The van der Waals surface area contributed by atoms with Crippen LogP contribution in [-0.2, 0) is 20.9 Å². The Morgan fingerprint density at radius 1 is 1.30 bits per heavy atom. The van der Waals surface area contributed by atoms with Crippen molar-refractivity contribution in [3.05, 3.63) is 30.1 Å². The highest BCUT2D eigenvalue weighted by atomic mass is 16.7. The summed E-state index contributed by atoms with van der Waals surface area (Å²) >= 11 is 0. The fraction of sp³-hybridized carbons (Fsp3) is 0.647. The largest absolute Gasteiger partial charge is 0.377 e. The summed E-state index contributed by atoms with van der Waals surface area (Å²) in [6, 6.07) is 4.51. The standard InChI is InChI=1S/C17H23N3O3/c21-17(20-7-1-8-23-20)14-10-16-15(4-9-22-16)19(12-14)11-13-2-5-18-6-3-13/h2-3,5-6,14-16H,1,4,7-12H2/t14-,15+,16+/m0/s1. The molecule has 0 aliphatic carbocycles. The maximum Gasteiger partial charge on any atom is 0.250 e. The van der Waals surface area contributed by atoms with Crippen molar-refractivity contribution in [3.63, 3.8) is 0 Å². The number of carbonyl (C=O) groups is 1. The third-order valence-corrected chi connectivity index (χ3v) is 5.10. The monoisotopic (exact) mass is 317 g/mol. The lowest BCUT2D eigenvalue weighted by atomic mass is 9.89. The van der Waals surface area contributed by atoms with E-state index < -0.39 is 0 Å². The topological polar surface area (TPSA) is 54.9 Å². The van der Waals surface area contributed by atoms with E-state index in [4.69, 9.17) is 9.57 Å². The summed E-state index contributed by atoms with van der Waals surface area (Å²) in [6.45, 7) is 3.79. The first-order valence-electron chi connectivity index (χ1n) is 8.50. The molecule has 1 amide bonds. The van der Waals surface area contributed by atoms with E-state index in [0.29, 0.717) is 19.2 Å². The summed E-state index contributed by atoms with van der Waals surface area (Å²) in [5.41, 5.74) is 1.23. The number of rotatable bonds is 3. The number of piperidine rings is 1. The van der Waals surface area contributed by atoms with Crippen molar-refractivity contribution in [1.82, 2.24) is 14.9 Å². The molecule has 0 unspecified atom stereocenters. The van der Waals surface area contributed by atoms with Crippen molar-refractivity contribution >= 4 is 5.91 Å². The molecule has 3 atom stereocenters. The van der Waals surface area contributed by atoms with Crippen LogP contribution in [0.5, 0.6) is 0 Å². The average molecular weight is 317 g/mol. The second-order valence-corrected chi connectivity index (χ2v) is 6.61. The number of hydrogen-bond donors (Lipinski definition) is 0. The van der Waals surface area contributed by atoms with E-state index in [1.54, 1.807) is 5.06 Å². The van der Waals surface area contributed by atoms with Crippen LogP contribution in [0.15, 0.2) is 24.5 Å². The molecule has 0 aromatic carbocycles. The van der Waals surface area contributed by atoms with Crippen molar-refractivity contribution in [2.75, 3.05) is 26.3 Å². The van der Waals surface area contributed by atoms with Gasteiger partial charge in [0.25, 0.3) is 5.91 Å². The summed E-state index contributed by atoms with van der Waals surface area (Å²) in [4.78, 5) is 24.6. The van der Waals surface area contributed by atoms with Gasteiger partial charge in [-0.1, -0.05) is 0 Å². The number of hydrogen-bond acceptors (Lipinski definition) is 5. The molecule has 0 bridgehead atoms. The second-order valence-electron chi connectivity index (χ2n) is 6.61. The van der Waals surface area contributed by atoms with E-state index in [1.807, 2.05) is 24.5 Å². The van der Waals surface area contributed by atoms with Gasteiger partial charge >= 0.3 is 0 Å². The SMILES string of the molecule is O=C([C@H]1C[C@H]2OCC[C@H]2N(Cc2ccncc2)C1)N1CCCO1. The Bertz CT molecular complexity index is 547. The number of hydroxylamine groups is 2. The molecule has 6 nitrogen and oxygen atoms in total. The molecule has 6 heteroatoms. The van der Waals surface area contributed by atoms with Crippen LogP contribution in [0.4, 0.5) is 0 Å². The summed E-state index contributed by atoms with van der Waals surface area (Å²) < 4.78 is 5.90. The first-order valence-corrected chi connectivity index (χ1v) is 8.50. The molecule has 1 aromatic heterocycles. The van der Waals surface area contributed by atoms with E-state index in [9.17, 15) is 4.79 Å². The molecule has 0 N–H and O–H groups in total. The summed E-state index contributed by atoms with van der Waals surface area (Å²) in [5, 5.41) is 1.56. The van der Waals surface area contributed by atoms with Crippen molar-refractivity contribution in [3.8, 4) is 0 Å². The minimum atomic E-state index is -0.0331. The van der Waals surface area contributed by atoms with E-state index in [1.165, 1.54) is 5.56 Å². The Kier molecular flexibility index (Phi) is 4.29. The Morgan fingerprint density at radius 2 is 2.17 bits per heavy atom. The van der Waals surface area contributed by atoms with E-state index >= 15 is 0 Å². The van der Waals surface area contributed by atoms with Crippen LogP contribution < -0.4 is 0 Å². The normalized spacial score (nSPS) is 31.3. The molecule has 0 saturated carbocycles. The number of carbonyl (C=O) groups excluding carboxylic acids is 1. The second kappa shape index (κ2) is 6.55. The third-order valence-electron chi connectivity index (χ3n) is 5.10. The van der Waals surface area contributed by atoms with Crippen LogP contribution >= 0.6 is 0 Å². The minimum absolute atomic E-state index is 0.0331. The minimum Gasteiger partial charge on any atom is -0.377 e. The number of pyridine rings is 1. The molecular weight excluding hydrogens is 294 g/mol. The van der Waals surface area contributed by atoms with Gasteiger partial charge in [-0.05, 0) is 37.0 Å². The predicted octanol–water partition coefficient (Wildman–Crippen LogP) is 1.22. The number of ether oxygens (including phenoxy) is 1. The van der Waals surface area contributed by atoms with Gasteiger partial charge in [-0.2, -0.15) is 0 Å². The maximum absolute atomic E-state index is 12.7. The van der Waals surface area contributed by atoms with Crippen LogP contribution in [0, 0.1) is 5.92 Å². The molecule has 3 saturated heterocycles. The van der Waals surface area contributed by atoms with E-state index in [-0.39, 0.29) is 17.9 Å². The number of aromatic nitrogens is 1. The van der Waals surface area contributed by atoms with Gasteiger partial charge in [-0.25, -0.2) is 5.06 Å². The van der Waals surface area contributed by atoms with Crippen molar-refractivity contribution in [1.29, 1.82) is 0 Å². The van der Waals surface area contributed by atoms with Crippen molar-refractivity contribution in [2.45, 2.75) is 38.0 Å². The highest BCUT2D eigenvalue weighted by Crippen LogP contribution is 2.33. The first-order chi connectivity index (χ1) is 11.3. The van der Waals surface area contributed by atoms with Crippen LogP contribution in [-0.4, -0.2) is 59.3 Å². The van der Waals surface area contributed by atoms with Gasteiger partial charge in [0.15, 0.2) is 0 Å². The zero-order valence-corrected chi connectivity index (χ0v) is 13.3. The molecule has 4 heterocycles. The smallest absolute Gasteiger partial charge is 0.250 e. The molecule has 0 spiro atoms. The molecule has 23 heavy (non-hydrogen) atoms. The quantitative estimate of drug-likeness (QED) is 0.839. The van der Waals surface area contributed by atoms with Crippen LogP contribution in [0.1, 0.15) is 24.8 Å². The van der Waals surface area contributed by atoms with Crippen molar-refractivity contribution in [2.24, 2.45) is 5.92 Å². The Hall–Kier alpha value is -1.50. The fourth-order valence-electron chi connectivity index (χ4n) is 3.96. The van der Waals surface area contributed by atoms with E-state index in [2.05, 4.69) is 9.88 Å². The lowest BCUT2D eigenvalue weighted by Gasteiger charge is -2.41. The summed E-state index contributed by atoms with van der Waals surface area (Å²) in [5.74, 6) is 0.0884. The summed E-state index contributed by atoms with van der Waals surface area (Å²) in [7, 11) is 0. The van der Waals surface area contributed by atoms with Gasteiger partial charge in [0, 0.05) is 38.1 Å². The fourth-order valence-corrected chi connectivity index (χ4v) is 3.96. The Balaban J connectivity index is 1.49. The van der Waals surface area contributed by atoms with Crippen molar-refractivity contribution < 1.29 is 14.4 Å². The zero-order valence-electron chi connectivity index (χ0n) is 13.3. The molecule has 3 aliphatic rings. The van der Waals surface area contributed by atoms with Gasteiger partial charge in [0.1, 0.15) is 0 Å². The van der Waals surface area contributed by atoms with Crippen LogP contribution in [0.25, 0.3) is 0 Å². The number of nitrogens with zero attached hydrogens (tertiary/aromatic N) is 3. The highest BCUT2D eigenvalue weighted by Gasteiger charge is 2.43. The molecule has 3 aliphatic heterocycles. The molecule has 0 radical (unpaired) electrons. The molecule has 3 fully saturated rings. The highest BCUT2D eigenvalue weighted by molar-refractivity contribution is 5.78. The van der Waals surface area contributed by atoms with Crippen LogP contribution in [0.3, 0.4) is 0 Å². The Labute approximate surface area is 136 Å². The Morgan fingerprint density at radius 3 is 2.96 bits per heavy atom. The number of likely N-dealkylation sites (tertiary alicyclic amines) is 1. The van der Waals surface area contributed by atoms with Gasteiger partial charge in [0.05, 0.1) is 25.2 Å². The first kappa shape index (κ1) is 15.1. The van der Waals surface area contributed by atoms with E-state index in [0.717, 1.165) is 39.0 Å². The lowest BCUT2D eigenvalue weighted by Crippen LogP contribution is -2.52. The molecule has 1 aromatic rings. The number of amides is 1. The summed E-state index contributed by atoms with van der Waals surface area (Å²) in [6.07, 6.45) is 6.61. The number of fused-ring (bicyclic) bond motifs is 1. The average Bonchev–Trinajstić information content (AvgIpc) is 3.26. The van der Waals surface area contributed by atoms with Gasteiger partial charge in [-0.15, -0.1) is 0 Å². The predicted molar refractivity (Wildman–Crippen MR) is 83.2 cm³/mol. The maximum atomic E-state index is 12.7. The lowest BCUT2D eigenvalue weighted by molar-refractivity contribution is -0.177. The van der Waals surface area contributed by atoms with Gasteiger partial charge in [0.2, 0.25) is 0 Å². The van der Waals surface area contributed by atoms with Gasteiger partial charge < -0.3 is 4.74 Å². The zero-order chi connectivity index (χ0) is 15.6. The van der Waals surface area contributed by atoms with Gasteiger partial charge in [-0.3, -0.25) is 19.5 Å². The molecule has 4 rings (SSSR count). The third kappa shape index (κ3) is 3.11.